The van der Waals surface area contributed by atoms with Gasteiger partial charge in [0.25, 0.3) is 0 Å². The average Bonchev–Trinajstić information content (AvgIpc) is 2.66. The predicted molar refractivity (Wildman–Crippen MR) is 103 cm³/mol. The maximum atomic E-state index is 11.6. The van der Waals surface area contributed by atoms with Crippen molar-refractivity contribution in [2.24, 2.45) is 0 Å². The number of benzene rings is 1. The van der Waals surface area contributed by atoms with Crippen LogP contribution in [0, 0.1) is 0 Å². The molecule has 0 spiro atoms. The fourth-order valence-electron chi connectivity index (χ4n) is 3.57. The number of hydrogen-bond donors (Lipinski definition) is 1. The Morgan fingerprint density at radius 2 is 1.77 bits per heavy atom. The summed E-state index contributed by atoms with van der Waals surface area (Å²) in [6.45, 7) is 4.56. The summed E-state index contributed by atoms with van der Waals surface area (Å²) in [6, 6.07) is 8.41. The third-order valence-corrected chi connectivity index (χ3v) is 5.26. The molecule has 4 nitrogen and oxygen atoms in total. The van der Waals surface area contributed by atoms with E-state index < -0.39 is 11.8 Å². The molecule has 1 N–H and O–H groups in total. The molecule has 0 bridgehead atoms. The Morgan fingerprint density at radius 1 is 1.08 bits per heavy atom. The number of aryl methyl sites for hydroxylation is 1. The van der Waals surface area contributed by atoms with Gasteiger partial charge in [-0.05, 0) is 56.1 Å². The van der Waals surface area contributed by atoms with Crippen LogP contribution in [-0.4, -0.2) is 24.0 Å². The van der Waals surface area contributed by atoms with Gasteiger partial charge in [0.05, 0.1) is 12.2 Å². The van der Waals surface area contributed by atoms with E-state index in [2.05, 4.69) is 31.2 Å². The summed E-state index contributed by atoms with van der Waals surface area (Å²) in [5, 5.41) is 11.0. The van der Waals surface area contributed by atoms with E-state index in [0.29, 0.717) is 32.3 Å². The molecule has 0 saturated heterocycles. The van der Waals surface area contributed by atoms with E-state index in [-0.39, 0.29) is 6.10 Å². The van der Waals surface area contributed by atoms with Crippen molar-refractivity contribution in [3.8, 4) is 0 Å². The van der Waals surface area contributed by atoms with Crippen LogP contribution in [0.3, 0.4) is 0 Å². The van der Waals surface area contributed by atoms with Gasteiger partial charge in [0.15, 0.2) is 0 Å². The Labute approximate surface area is 157 Å². The number of rotatable bonds is 9. The van der Waals surface area contributed by atoms with Gasteiger partial charge in [-0.2, -0.15) is 0 Å². The monoisotopic (exact) mass is 362 g/mol. The van der Waals surface area contributed by atoms with E-state index >= 15 is 0 Å². The van der Waals surface area contributed by atoms with Gasteiger partial charge in [-0.3, -0.25) is 0 Å². The van der Waals surface area contributed by atoms with Crippen molar-refractivity contribution in [3.63, 3.8) is 0 Å². The summed E-state index contributed by atoms with van der Waals surface area (Å²) in [5.41, 5.74) is 1.50. The van der Waals surface area contributed by atoms with Gasteiger partial charge >= 0.3 is 6.16 Å². The second-order valence-corrected chi connectivity index (χ2v) is 7.45. The van der Waals surface area contributed by atoms with E-state index in [1.807, 2.05) is 6.92 Å². The van der Waals surface area contributed by atoms with E-state index in [1.54, 1.807) is 0 Å². The van der Waals surface area contributed by atoms with Crippen molar-refractivity contribution in [2.45, 2.75) is 89.8 Å². The van der Waals surface area contributed by atoms with Crippen LogP contribution >= 0.6 is 0 Å². The Morgan fingerprint density at radius 3 is 2.38 bits per heavy atom. The first-order valence-corrected chi connectivity index (χ1v) is 10.2. The summed E-state index contributed by atoms with van der Waals surface area (Å²) < 4.78 is 10.3. The van der Waals surface area contributed by atoms with Gasteiger partial charge in [-0.25, -0.2) is 4.79 Å². The standard InChI is InChI=1S/C22H34O4/c1-3-5-6-7-8-18-9-11-19(12-10-18)22(24)15-13-20(14-16-22)26-21(23)25-17-4-2/h9-12,20,24H,3-8,13-17H2,1-2H3. The first kappa shape index (κ1) is 20.8. The molecule has 1 aliphatic carbocycles. The van der Waals surface area contributed by atoms with Crippen molar-refractivity contribution >= 4 is 6.16 Å². The highest BCUT2D eigenvalue weighted by Crippen LogP contribution is 2.38. The minimum atomic E-state index is -0.812. The Balaban J connectivity index is 1.81. The Hall–Kier alpha value is -1.55. The molecule has 1 aromatic rings. The lowest BCUT2D eigenvalue weighted by Gasteiger charge is -2.36. The van der Waals surface area contributed by atoms with Gasteiger partial charge in [0.1, 0.15) is 6.10 Å². The lowest BCUT2D eigenvalue weighted by molar-refractivity contribution is -0.0536. The minimum absolute atomic E-state index is 0.155. The van der Waals surface area contributed by atoms with Crippen LogP contribution in [0.4, 0.5) is 4.79 Å². The largest absolute Gasteiger partial charge is 0.508 e. The first-order valence-electron chi connectivity index (χ1n) is 10.2. The van der Waals surface area contributed by atoms with Crippen LogP contribution in [0.25, 0.3) is 0 Å². The first-order chi connectivity index (χ1) is 12.6. The van der Waals surface area contributed by atoms with E-state index in [0.717, 1.165) is 18.4 Å². The zero-order valence-corrected chi connectivity index (χ0v) is 16.3. The topological polar surface area (TPSA) is 55.8 Å². The molecule has 0 heterocycles. The molecule has 0 amide bonds. The molecule has 2 rings (SSSR count). The van der Waals surface area contributed by atoms with Crippen LogP contribution in [0.1, 0.15) is 82.8 Å². The summed E-state index contributed by atoms with van der Waals surface area (Å²) in [6.07, 6.45) is 8.75. The molecule has 0 atom stereocenters. The zero-order chi connectivity index (χ0) is 18.8. The van der Waals surface area contributed by atoms with Crippen LogP contribution in [0.2, 0.25) is 0 Å². The molecule has 1 aromatic carbocycles. The molecule has 0 aliphatic heterocycles. The van der Waals surface area contributed by atoms with E-state index in [1.165, 1.54) is 31.2 Å². The minimum Gasteiger partial charge on any atom is -0.434 e. The fourth-order valence-corrected chi connectivity index (χ4v) is 3.57. The SMILES string of the molecule is CCCCCCc1ccc(C2(O)CCC(OC(=O)OCCC)CC2)cc1. The molecule has 1 fully saturated rings. The number of unbranched alkanes of at least 4 members (excludes halogenated alkanes) is 3. The van der Waals surface area contributed by atoms with Crippen molar-refractivity contribution in [3.05, 3.63) is 35.4 Å². The van der Waals surface area contributed by atoms with Gasteiger partial charge < -0.3 is 14.6 Å². The smallest absolute Gasteiger partial charge is 0.434 e. The van der Waals surface area contributed by atoms with E-state index in [4.69, 9.17) is 9.47 Å². The number of carbonyl (C=O) groups excluding carboxylic acids is 1. The number of hydrogen-bond acceptors (Lipinski definition) is 4. The lowest BCUT2D eigenvalue weighted by Crippen LogP contribution is -2.35. The van der Waals surface area contributed by atoms with Gasteiger partial charge in [0.2, 0.25) is 0 Å². The highest BCUT2D eigenvalue weighted by Gasteiger charge is 2.36. The molecule has 146 valence electrons. The summed E-state index contributed by atoms with van der Waals surface area (Å²) in [4.78, 5) is 11.6. The zero-order valence-electron chi connectivity index (χ0n) is 16.3. The van der Waals surface area contributed by atoms with Gasteiger partial charge in [-0.15, -0.1) is 0 Å². The number of carbonyl (C=O) groups is 1. The third kappa shape index (κ3) is 6.31. The third-order valence-electron chi connectivity index (χ3n) is 5.26. The van der Waals surface area contributed by atoms with Gasteiger partial charge in [-0.1, -0.05) is 57.4 Å². The summed E-state index contributed by atoms with van der Waals surface area (Å²) in [7, 11) is 0. The van der Waals surface area contributed by atoms with Crippen LogP contribution in [-0.2, 0) is 21.5 Å². The summed E-state index contributed by atoms with van der Waals surface area (Å²) >= 11 is 0. The lowest BCUT2D eigenvalue weighted by atomic mass is 9.78. The summed E-state index contributed by atoms with van der Waals surface area (Å²) in [5.74, 6) is 0. The van der Waals surface area contributed by atoms with Crippen LogP contribution in [0.15, 0.2) is 24.3 Å². The maximum Gasteiger partial charge on any atom is 0.508 e. The van der Waals surface area contributed by atoms with Crippen molar-refractivity contribution in [1.82, 2.24) is 0 Å². The molecule has 1 saturated carbocycles. The van der Waals surface area contributed by atoms with Crippen LogP contribution in [0.5, 0.6) is 0 Å². The second-order valence-electron chi connectivity index (χ2n) is 7.45. The number of ether oxygens (including phenoxy) is 2. The average molecular weight is 363 g/mol. The Bertz CT molecular complexity index is 530. The molecule has 0 unspecified atom stereocenters. The van der Waals surface area contributed by atoms with E-state index in [9.17, 15) is 9.90 Å². The number of aliphatic hydroxyl groups is 1. The Kier molecular flexibility index (Phi) is 8.43. The molecule has 4 heteroatoms. The quantitative estimate of drug-likeness (QED) is 0.465. The molecular weight excluding hydrogens is 328 g/mol. The fraction of sp³-hybridized carbons (Fsp3) is 0.682. The van der Waals surface area contributed by atoms with Crippen molar-refractivity contribution in [1.29, 1.82) is 0 Å². The highest BCUT2D eigenvalue weighted by molar-refractivity contribution is 5.60. The normalized spacial score (nSPS) is 22.8. The molecule has 1 aliphatic rings. The maximum absolute atomic E-state index is 11.6. The predicted octanol–water partition coefficient (Wildman–Crippen LogP) is 5.50. The molecule has 0 radical (unpaired) electrons. The second kappa shape index (κ2) is 10.6. The molecular formula is C22H34O4. The molecule has 0 aromatic heterocycles. The van der Waals surface area contributed by atoms with Gasteiger partial charge in [0, 0.05) is 0 Å². The van der Waals surface area contributed by atoms with Crippen molar-refractivity contribution in [2.75, 3.05) is 6.61 Å². The van der Waals surface area contributed by atoms with Crippen molar-refractivity contribution < 1.29 is 19.4 Å². The highest BCUT2D eigenvalue weighted by atomic mass is 16.7. The van der Waals surface area contributed by atoms with Crippen LogP contribution < -0.4 is 0 Å². The molecule has 26 heavy (non-hydrogen) atoms.